The van der Waals surface area contributed by atoms with E-state index >= 15 is 0 Å². The fraction of sp³-hybridized carbons (Fsp3) is 0. The smallest absolute Gasteiger partial charge is 0.235 e. The lowest BCUT2D eigenvalue weighted by atomic mass is 10.0. The van der Waals surface area contributed by atoms with Crippen LogP contribution in [0.5, 0.6) is 0 Å². The van der Waals surface area contributed by atoms with E-state index in [9.17, 15) is 0 Å². The average Bonchev–Trinajstić information content (AvgIpc) is 3.64. The van der Waals surface area contributed by atoms with E-state index < -0.39 is 0 Å². The normalized spacial score (nSPS) is 11.8. The number of fused-ring (bicyclic) bond motifs is 7. The molecule has 3 aromatic heterocycles. The minimum Gasteiger partial charge on any atom is -0.321 e. The fourth-order valence-electron chi connectivity index (χ4n) is 6.45. The van der Waals surface area contributed by atoms with Gasteiger partial charge in [0.25, 0.3) is 0 Å². The van der Waals surface area contributed by atoms with Crippen molar-refractivity contribution in [1.82, 2.24) is 19.1 Å². The van der Waals surface area contributed by atoms with Crippen LogP contribution < -0.4 is 0 Å². The van der Waals surface area contributed by atoms with Crippen molar-refractivity contribution in [1.29, 1.82) is 0 Å². The largest absolute Gasteiger partial charge is 0.321 e. The molecule has 0 N–H and O–H groups in total. The summed E-state index contributed by atoms with van der Waals surface area (Å²) in [4.78, 5) is 10.6. The highest BCUT2D eigenvalue weighted by Gasteiger charge is 2.20. The van der Waals surface area contributed by atoms with Gasteiger partial charge in [-0.25, -0.2) is 9.97 Å². The number of para-hydroxylation sites is 2. The highest BCUT2D eigenvalue weighted by atomic mass is 15.2. The minimum absolute atomic E-state index is 0.665. The van der Waals surface area contributed by atoms with Gasteiger partial charge < -0.3 is 4.57 Å². The Morgan fingerprint density at radius 2 is 1.14 bits per heavy atom. The first-order valence-corrected chi connectivity index (χ1v) is 14.2. The summed E-state index contributed by atoms with van der Waals surface area (Å²) >= 11 is 0. The van der Waals surface area contributed by atoms with E-state index in [1.165, 1.54) is 32.3 Å². The van der Waals surface area contributed by atoms with Gasteiger partial charge in [-0.15, -0.1) is 0 Å². The maximum absolute atomic E-state index is 5.39. The highest BCUT2D eigenvalue weighted by molar-refractivity contribution is 6.21. The summed E-state index contributed by atoms with van der Waals surface area (Å²) in [7, 11) is 0. The molecule has 0 amide bonds. The Balaban J connectivity index is 1.41. The summed E-state index contributed by atoms with van der Waals surface area (Å²) < 4.78 is 4.38. The molecule has 0 unspecified atom stereocenters. The van der Waals surface area contributed by atoms with Crippen LogP contribution in [0.25, 0.3) is 77.1 Å². The van der Waals surface area contributed by atoms with Crippen molar-refractivity contribution in [3.8, 4) is 22.9 Å². The Bertz CT molecular complexity index is 2460. The van der Waals surface area contributed by atoms with Crippen molar-refractivity contribution in [2.45, 2.75) is 0 Å². The van der Waals surface area contributed by atoms with Crippen molar-refractivity contribution >= 4 is 54.3 Å². The van der Waals surface area contributed by atoms with E-state index in [0.717, 1.165) is 38.9 Å². The Hall–Kier alpha value is -5.74. The Labute approximate surface area is 241 Å². The number of benzene rings is 6. The summed E-state index contributed by atoms with van der Waals surface area (Å²) in [5.74, 6) is 0.665. The molecule has 3 heterocycles. The molecule has 0 bridgehead atoms. The molecule has 196 valence electrons. The Kier molecular flexibility index (Phi) is 4.87. The molecule has 0 atom stereocenters. The number of rotatable bonds is 3. The first-order chi connectivity index (χ1) is 20.8. The minimum atomic E-state index is 0.665. The molecule has 9 rings (SSSR count). The topological polar surface area (TPSA) is 35.6 Å². The molecular formula is C38H24N4. The van der Waals surface area contributed by atoms with Crippen molar-refractivity contribution in [2.24, 2.45) is 0 Å². The average molecular weight is 537 g/mol. The van der Waals surface area contributed by atoms with Gasteiger partial charge in [-0.2, -0.15) is 0 Å². The second kappa shape index (κ2) is 8.88. The lowest BCUT2D eigenvalue weighted by Crippen LogP contribution is -2.02. The number of hydrogen-bond donors (Lipinski definition) is 0. The number of nitrogens with zero attached hydrogens (tertiary/aromatic N) is 4. The predicted molar refractivity (Wildman–Crippen MR) is 174 cm³/mol. The van der Waals surface area contributed by atoms with Gasteiger partial charge in [0.15, 0.2) is 0 Å². The molecule has 9 aromatic rings. The third kappa shape index (κ3) is 3.36. The summed E-state index contributed by atoms with van der Waals surface area (Å²) in [5, 5.41) is 8.25. The zero-order valence-corrected chi connectivity index (χ0v) is 22.6. The molecule has 42 heavy (non-hydrogen) atoms. The maximum Gasteiger partial charge on any atom is 0.235 e. The molecule has 6 aromatic carbocycles. The molecule has 0 saturated carbocycles. The van der Waals surface area contributed by atoms with Crippen LogP contribution in [-0.4, -0.2) is 19.1 Å². The number of hydrogen-bond acceptors (Lipinski definition) is 2. The first-order valence-electron chi connectivity index (χ1n) is 14.2. The standard InChI is InChI=1S/C38H24N4/c1-2-14-27(15-3-1)41-23-32-33(24-41)39-38(40-37(32)30-19-10-13-25-11-4-6-16-28(25)30)42-34-20-9-8-18-31(34)36-29-17-7-5-12-26(29)21-22-35(36)42/h1-24H. The number of aromatic nitrogens is 4. The van der Waals surface area contributed by atoms with Crippen LogP contribution in [0.3, 0.4) is 0 Å². The van der Waals surface area contributed by atoms with Crippen LogP contribution in [0.2, 0.25) is 0 Å². The Morgan fingerprint density at radius 1 is 0.452 bits per heavy atom. The predicted octanol–water partition coefficient (Wildman–Crippen LogP) is 9.49. The van der Waals surface area contributed by atoms with Crippen molar-refractivity contribution < 1.29 is 0 Å². The van der Waals surface area contributed by atoms with Gasteiger partial charge >= 0.3 is 0 Å². The molecule has 0 fully saturated rings. The molecule has 4 heteroatoms. The third-order valence-corrected chi connectivity index (χ3v) is 8.35. The fourth-order valence-corrected chi connectivity index (χ4v) is 6.45. The van der Waals surface area contributed by atoms with Crippen molar-refractivity contribution in [2.75, 3.05) is 0 Å². The molecule has 0 saturated heterocycles. The van der Waals surface area contributed by atoms with E-state index in [1.807, 2.05) is 6.07 Å². The Morgan fingerprint density at radius 3 is 2.00 bits per heavy atom. The van der Waals surface area contributed by atoms with E-state index in [1.54, 1.807) is 0 Å². The summed E-state index contributed by atoms with van der Waals surface area (Å²) in [6.07, 6.45) is 4.28. The van der Waals surface area contributed by atoms with Crippen LogP contribution in [0.4, 0.5) is 0 Å². The monoisotopic (exact) mass is 536 g/mol. The zero-order valence-electron chi connectivity index (χ0n) is 22.6. The van der Waals surface area contributed by atoms with E-state index in [4.69, 9.17) is 9.97 Å². The van der Waals surface area contributed by atoms with E-state index in [2.05, 4.69) is 149 Å². The SMILES string of the molecule is c1ccc(-n2cc3nc(-n4c5ccccc5c5c6ccccc6ccc54)nc(-c4cccc5ccccc45)c3c2)cc1. The molecule has 4 nitrogen and oxygen atoms in total. The van der Waals surface area contributed by atoms with Gasteiger partial charge in [0, 0.05) is 39.8 Å². The molecule has 0 aliphatic carbocycles. The summed E-state index contributed by atoms with van der Waals surface area (Å²) in [5.41, 5.74) is 6.20. The van der Waals surface area contributed by atoms with Gasteiger partial charge in [-0.1, -0.05) is 109 Å². The lowest BCUT2D eigenvalue weighted by molar-refractivity contribution is 1.01. The van der Waals surface area contributed by atoms with Crippen LogP contribution in [0.1, 0.15) is 0 Å². The van der Waals surface area contributed by atoms with Crippen molar-refractivity contribution in [3.05, 3.63) is 146 Å². The van der Waals surface area contributed by atoms with E-state index in [0.29, 0.717) is 5.95 Å². The van der Waals surface area contributed by atoms with Crippen LogP contribution in [0.15, 0.2) is 146 Å². The van der Waals surface area contributed by atoms with Gasteiger partial charge in [-0.3, -0.25) is 4.57 Å². The third-order valence-electron chi connectivity index (χ3n) is 8.35. The van der Waals surface area contributed by atoms with Crippen LogP contribution in [0, 0.1) is 0 Å². The van der Waals surface area contributed by atoms with Gasteiger partial charge in [0.1, 0.15) is 0 Å². The lowest BCUT2D eigenvalue weighted by Gasteiger charge is -2.11. The zero-order chi connectivity index (χ0) is 27.6. The van der Waals surface area contributed by atoms with Gasteiger partial charge in [0.2, 0.25) is 5.95 Å². The molecule has 0 spiro atoms. The van der Waals surface area contributed by atoms with Gasteiger partial charge in [0.05, 0.1) is 22.2 Å². The van der Waals surface area contributed by atoms with E-state index in [-0.39, 0.29) is 0 Å². The highest BCUT2D eigenvalue weighted by Crippen LogP contribution is 2.38. The second-order valence-electron chi connectivity index (χ2n) is 10.7. The molecule has 0 aliphatic heterocycles. The summed E-state index contributed by atoms with van der Waals surface area (Å²) in [6.45, 7) is 0. The van der Waals surface area contributed by atoms with Crippen LogP contribution in [-0.2, 0) is 0 Å². The summed E-state index contributed by atoms with van der Waals surface area (Å²) in [6, 6.07) is 46.9. The quantitative estimate of drug-likeness (QED) is 0.225. The maximum atomic E-state index is 5.39. The van der Waals surface area contributed by atoms with Gasteiger partial charge in [-0.05, 0) is 45.8 Å². The molecular weight excluding hydrogens is 512 g/mol. The molecule has 0 radical (unpaired) electrons. The molecule has 0 aliphatic rings. The second-order valence-corrected chi connectivity index (χ2v) is 10.7. The first kappa shape index (κ1) is 23.0. The van der Waals surface area contributed by atoms with Crippen LogP contribution >= 0.6 is 0 Å². The van der Waals surface area contributed by atoms with Crippen molar-refractivity contribution in [3.63, 3.8) is 0 Å².